The molecule has 5 heterocycles. The lowest BCUT2D eigenvalue weighted by molar-refractivity contribution is -0.123. The number of ether oxygens (including phenoxy) is 2. The van der Waals surface area contributed by atoms with E-state index in [-0.39, 0.29) is 41.2 Å². The van der Waals surface area contributed by atoms with Gasteiger partial charge in [0.1, 0.15) is 6.10 Å². The molecule has 0 aromatic heterocycles. The minimum Gasteiger partial charge on any atom is -0.378 e. The lowest BCUT2D eigenvalue weighted by atomic mass is 9.94. The summed E-state index contributed by atoms with van der Waals surface area (Å²) in [6.45, 7) is 4.08. The number of hydrogen-bond acceptors (Lipinski definition) is 11. The Hall–Kier alpha value is -1.47. The van der Waals surface area contributed by atoms with Crippen molar-refractivity contribution in [3.8, 4) is 0 Å². The average molecular weight is 565 g/mol. The highest BCUT2D eigenvalue weighted by Gasteiger charge is 2.49. The Morgan fingerprint density at radius 3 is 2.79 bits per heavy atom. The molecule has 38 heavy (non-hydrogen) atoms. The summed E-state index contributed by atoms with van der Waals surface area (Å²) in [5.74, 6) is 1.43. The number of aliphatic imine (C=N–C) groups is 1. The normalized spacial score (nSPS) is 38.3. The highest BCUT2D eigenvalue weighted by atomic mass is 32.2. The molecule has 3 saturated heterocycles. The topological polar surface area (TPSA) is 130 Å². The van der Waals surface area contributed by atoms with E-state index in [1.54, 1.807) is 6.08 Å². The number of fused-ring (bicyclic) bond motifs is 1. The van der Waals surface area contributed by atoms with Crippen LogP contribution in [0.25, 0.3) is 0 Å². The second-order valence-corrected chi connectivity index (χ2v) is 13.7. The standard InChI is InChI=1S/C26H40N6O4S2/c27-24(34)17-12-28-26(30-15-4-2-1-3-5-15)31-25(17)29-16-10-20(37-14-16)18-13-36-22-19(33)11-21(38-23(18)22)32-6-8-35-9-7-32/h11,15-18,20,22-23,25,29H,1-10,12-14H2,(H2,27,34)(H2,28,30,31). The third-order valence-electron chi connectivity index (χ3n) is 8.69. The Morgan fingerprint density at radius 1 is 1.18 bits per heavy atom. The van der Waals surface area contributed by atoms with E-state index in [1.165, 1.54) is 19.3 Å². The maximum Gasteiger partial charge on any atom is 0.225 e. The van der Waals surface area contributed by atoms with Gasteiger partial charge in [-0.3, -0.25) is 19.9 Å². The van der Waals surface area contributed by atoms with Crippen LogP contribution in [0.5, 0.6) is 0 Å². The molecule has 12 heteroatoms. The molecule has 0 radical (unpaired) electrons. The minimum absolute atomic E-state index is 0.100. The van der Waals surface area contributed by atoms with Gasteiger partial charge in [-0.05, 0) is 19.3 Å². The van der Waals surface area contributed by atoms with Crippen LogP contribution in [0.3, 0.4) is 0 Å². The zero-order chi connectivity index (χ0) is 26.1. The van der Waals surface area contributed by atoms with Crippen LogP contribution in [0, 0.1) is 11.8 Å². The summed E-state index contributed by atoms with van der Waals surface area (Å²) in [7, 11) is 0. The number of carbonyl (C=O) groups excluding carboxylic acids is 2. The van der Waals surface area contributed by atoms with Crippen LogP contribution in [0.1, 0.15) is 38.5 Å². The number of nitrogens with one attached hydrogen (secondary N) is 3. The summed E-state index contributed by atoms with van der Waals surface area (Å²) < 4.78 is 11.6. The molecule has 1 amide bonds. The van der Waals surface area contributed by atoms with Gasteiger partial charge in [-0.1, -0.05) is 19.3 Å². The van der Waals surface area contributed by atoms with Crippen molar-refractivity contribution in [3.63, 3.8) is 0 Å². The van der Waals surface area contributed by atoms with Gasteiger partial charge >= 0.3 is 0 Å². The number of nitrogens with two attached hydrogens (primary N) is 1. The number of carbonyl (C=O) groups is 2. The molecule has 0 aromatic carbocycles. The van der Waals surface area contributed by atoms with Gasteiger partial charge < -0.3 is 30.7 Å². The van der Waals surface area contributed by atoms with Crippen LogP contribution in [0.15, 0.2) is 16.1 Å². The Bertz CT molecular complexity index is 954. The van der Waals surface area contributed by atoms with Gasteiger partial charge in [-0.25, -0.2) is 0 Å². The highest BCUT2D eigenvalue weighted by Crippen LogP contribution is 2.47. The third kappa shape index (κ3) is 5.84. The lowest BCUT2D eigenvalue weighted by Gasteiger charge is -2.36. The Labute approximate surface area is 233 Å². The first kappa shape index (κ1) is 26.7. The molecular formula is C26H40N6O4S2. The second kappa shape index (κ2) is 12.0. The smallest absolute Gasteiger partial charge is 0.225 e. The second-order valence-electron chi connectivity index (χ2n) is 11.3. The van der Waals surface area contributed by atoms with Gasteiger partial charge in [-0.2, -0.15) is 11.8 Å². The van der Waals surface area contributed by atoms with Gasteiger partial charge in [-0.15, -0.1) is 11.8 Å². The van der Waals surface area contributed by atoms with Gasteiger partial charge in [0.05, 0.1) is 48.7 Å². The van der Waals surface area contributed by atoms with E-state index >= 15 is 0 Å². The molecule has 1 aliphatic carbocycles. The molecule has 5 N–H and O–H groups in total. The maximum absolute atomic E-state index is 12.9. The number of amides is 1. The largest absolute Gasteiger partial charge is 0.378 e. The third-order valence-corrected chi connectivity index (χ3v) is 11.7. The van der Waals surface area contributed by atoms with Crippen LogP contribution in [-0.4, -0.2) is 103 Å². The summed E-state index contributed by atoms with van der Waals surface area (Å²) in [6.07, 6.45) is 8.29. The maximum atomic E-state index is 12.9. The van der Waals surface area contributed by atoms with Crippen molar-refractivity contribution < 1.29 is 19.1 Å². The number of nitrogens with zero attached hydrogens (tertiary/aromatic N) is 2. The molecule has 7 unspecified atom stereocenters. The van der Waals surface area contributed by atoms with E-state index in [0.717, 1.165) is 49.1 Å². The Morgan fingerprint density at radius 2 is 2.00 bits per heavy atom. The Kier molecular flexibility index (Phi) is 8.41. The number of ketones is 1. The molecule has 7 atom stereocenters. The number of morpholine rings is 1. The summed E-state index contributed by atoms with van der Waals surface area (Å²) >= 11 is 3.78. The predicted molar refractivity (Wildman–Crippen MR) is 150 cm³/mol. The molecule has 210 valence electrons. The summed E-state index contributed by atoms with van der Waals surface area (Å²) in [5, 5.41) is 12.3. The van der Waals surface area contributed by atoms with Gasteiger partial charge in [0.2, 0.25) is 5.91 Å². The summed E-state index contributed by atoms with van der Waals surface area (Å²) in [4.78, 5) is 32.1. The molecule has 10 nitrogen and oxygen atoms in total. The first-order valence-corrected chi connectivity index (χ1v) is 16.1. The number of rotatable bonds is 6. The predicted octanol–water partition coefficient (Wildman–Crippen LogP) is 0.632. The monoisotopic (exact) mass is 564 g/mol. The SMILES string of the molecule is NC(=O)C1CN=C(NC2CCCCC2)NC1NC1CSC(C2COC3C(=O)C=C(N4CCOCC4)SC32)C1. The fourth-order valence-corrected chi connectivity index (χ4v) is 9.77. The zero-order valence-electron chi connectivity index (χ0n) is 21.8. The zero-order valence-corrected chi connectivity index (χ0v) is 23.4. The van der Waals surface area contributed by atoms with Gasteiger partial charge in [0.25, 0.3) is 0 Å². The molecule has 5 aliphatic heterocycles. The van der Waals surface area contributed by atoms with Crippen molar-refractivity contribution in [1.29, 1.82) is 0 Å². The van der Waals surface area contributed by atoms with E-state index in [2.05, 4.69) is 25.8 Å². The Balaban J connectivity index is 1.06. The van der Waals surface area contributed by atoms with Crippen LogP contribution in [0.2, 0.25) is 0 Å². The van der Waals surface area contributed by atoms with E-state index in [0.29, 0.717) is 43.6 Å². The molecule has 6 aliphatic rings. The van der Waals surface area contributed by atoms with Crippen molar-refractivity contribution in [2.24, 2.45) is 22.6 Å². The quantitative estimate of drug-likeness (QED) is 0.365. The van der Waals surface area contributed by atoms with E-state index in [1.807, 2.05) is 23.5 Å². The van der Waals surface area contributed by atoms with Crippen LogP contribution in [0.4, 0.5) is 0 Å². The van der Waals surface area contributed by atoms with Gasteiger partial charge in [0, 0.05) is 48.2 Å². The molecule has 0 spiro atoms. The number of thioether (sulfide) groups is 2. The van der Waals surface area contributed by atoms with Crippen molar-refractivity contribution in [1.82, 2.24) is 20.9 Å². The molecule has 0 aromatic rings. The highest BCUT2D eigenvalue weighted by molar-refractivity contribution is 8.04. The van der Waals surface area contributed by atoms with Crippen LogP contribution >= 0.6 is 23.5 Å². The molecule has 1 saturated carbocycles. The van der Waals surface area contributed by atoms with Crippen molar-refractivity contribution in [2.45, 2.75) is 73.4 Å². The summed E-state index contributed by atoms with van der Waals surface area (Å²) in [5.41, 5.74) is 5.77. The van der Waals surface area contributed by atoms with E-state index in [9.17, 15) is 9.59 Å². The number of hydrogen-bond donors (Lipinski definition) is 4. The number of guanidine groups is 1. The fraction of sp³-hybridized carbons (Fsp3) is 0.808. The van der Waals surface area contributed by atoms with Crippen LogP contribution in [-0.2, 0) is 19.1 Å². The average Bonchev–Trinajstić information content (AvgIpc) is 3.57. The van der Waals surface area contributed by atoms with Crippen molar-refractivity contribution >= 4 is 41.2 Å². The molecule has 4 fully saturated rings. The fourth-order valence-electron chi connectivity index (χ4n) is 6.52. The summed E-state index contributed by atoms with van der Waals surface area (Å²) in [6, 6.07) is 0.686. The van der Waals surface area contributed by atoms with Gasteiger partial charge in [0.15, 0.2) is 11.7 Å². The van der Waals surface area contributed by atoms with Crippen molar-refractivity contribution in [3.05, 3.63) is 11.1 Å². The molecule has 6 rings (SSSR count). The number of primary amides is 1. The lowest BCUT2D eigenvalue weighted by Crippen LogP contribution is -2.63. The molecule has 0 bridgehead atoms. The van der Waals surface area contributed by atoms with Crippen LogP contribution < -0.4 is 21.7 Å². The first-order valence-electron chi connectivity index (χ1n) is 14.2. The first-order chi connectivity index (χ1) is 18.5. The van der Waals surface area contributed by atoms with Crippen molar-refractivity contribution in [2.75, 3.05) is 45.2 Å². The molecular weight excluding hydrogens is 524 g/mol. The minimum atomic E-state index is -0.386. The van der Waals surface area contributed by atoms with E-state index < -0.39 is 0 Å². The van der Waals surface area contributed by atoms with E-state index in [4.69, 9.17) is 15.2 Å².